The van der Waals surface area contributed by atoms with Gasteiger partial charge < -0.3 is 5.73 Å². The molecule has 0 amide bonds. The van der Waals surface area contributed by atoms with Crippen LogP contribution in [0.25, 0.3) is 11.1 Å². The first-order valence-corrected chi connectivity index (χ1v) is 7.83. The lowest BCUT2D eigenvalue weighted by Gasteiger charge is -2.33. The number of amidine groups is 1. The van der Waals surface area contributed by atoms with Gasteiger partial charge in [0.1, 0.15) is 6.33 Å². The lowest BCUT2D eigenvalue weighted by molar-refractivity contribution is 0.453. The summed E-state index contributed by atoms with van der Waals surface area (Å²) in [4.78, 5) is 12.9. The summed E-state index contributed by atoms with van der Waals surface area (Å²) >= 11 is 1.65. The minimum absolute atomic E-state index is 0.263. The van der Waals surface area contributed by atoms with Gasteiger partial charge in [-0.05, 0) is 30.5 Å². The van der Waals surface area contributed by atoms with E-state index in [1.165, 1.54) is 5.56 Å². The molecule has 0 aliphatic carbocycles. The lowest BCUT2D eigenvalue weighted by Crippen LogP contribution is -2.32. The molecule has 0 unspecified atom stereocenters. The molecule has 108 valence electrons. The van der Waals surface area contributed by atoms with E-state index in [1.54, 1.807) is 18.1 Å². The summed E-state index contributed by atoms with van der Waals surface area (Å²) in [6.07, 6.45) is 6.17. The number of rotatable bonds is 2. The monoisotopic (exact) mass is 298 g/mol. The van der Waals surface area contributed by atoms with E-state index in [9.17, 15) is 0 Å². The number of nitrogens with zero attached hydrogens (tertiary/aromatic N) is 3. The van der Waals surface area contributed by atoms with E-state index in [0.717, 1.165) is 17.5 Å². The minimum Gasteiger partial charge on any atom is -0.379 e. The number of nitrogens with two attached hydrogens (primary N) is 1. The van der Waals surface area contributed by atoms with Gasteiger partial charge in [-0.3, -0.25) is 4.99 Å². The molecular formula is C16H18N4S. The molecule has 1 aromatic heterocycles. The highest BCUT2D eigenvalue weighted by atomic mass is 32.2. The molecule has 0 radical (unpaired) electrons. The van der Waals surface area contributed by atoms with Crippen molar-refractivity contribution in [3.8, 4) is 11.1 Å². The lowest BCUT2D eigenvalue weighted by atomic mass is 9.86. The average Bonchev–Trinajstić information content (AvgIpc) is 2.47. The van der Waals surface area contributed by atoms with Crippen LogP contribution < -0.4 is 5.73 Å². The van der Waals surface area contributed by atoms with Crippen molar-refractivity contribution in [2.45, 2.75) is 31.1 Å². The standard InChI is InChI=1S/C16H18N4S/c1-11-7-16(2,20-15(17)21-11)14-5-3-4-12(6-14)13-8-18-10-19-9-13/h3-6,8-11H,7H2,1-2H3,(H2,17,20)/t11-,16+/m1/s1. The van der Waals surface area contributed by atoms with Crippen LogP contribution in [-0.4, -0.2) is 20.4 Å². The normalized spacial score (nSPS) is 25.4. The van der Waals surface area contributed by atoms with Gasteiger partial charge in [-0.25, -0.2) is 9.97 Å². The van der Waals surface area contributed by atoms with E-state index < -0.39 is 0 Å². The van der Waals surface area contributed by atoms with Crippen molar-refractivity contribution in [1.82, 2.24) is 9.97 Å². The largest absolute Gasteiger partial charge is 0.379 e. The first kappa shape index (κ1) is 14.1. The van der Waals surface area contributed by atoms with Crippen molar-refractivity contribution in [2.24, 2.45) is 10.7 Å². The average molecular weight is 298 g/mol. The second kappa shape index (κ2) is 5.48. The third kappa shape index (κ3) is 2.93. The molecule has 2 N–H and O–H groups in total. The Morgan fingerprint density at radius 3 is 2.71 bits per heavy atom. The van der Waals surface area contributed by atoms with Crippen LogP contribution in [0.5, 0.6) is 0 Å². The fourth-order valence-corrected chi connectivity index (χ4v) is 3.86. The summed E-state index contributed by atoms with van der Waals surface area (Å²) in [5.41, 5.74) is 9.01. The van der Waals surface area contributed by atoms with Crippen LogP contribution in [0.2, 0.25) is 0 Å². The molecule has 0 fully saturated rings. The number of hydrogen-bond acceptors (Lipinski definition) is 5. The number of thioether (sulfide) groups is 1. The van der Waals surface area contributed by atoms with Gasteiger partial charge in [0.05, 0.1) is 5.54 Å². The quantitative estimate of drug-likeness (QED) is 0.924. The van der Waals surface area contributed by atoms with E-state index >= 15 is 0 Å². The van der Waals surface area contributed by atoms with Crippen molar-refractivity contribution >= 4 is 16.9 Å². The van der Waals surface area contributed by atoms with Crippen LogP contribution in [0.3, 0.4) is 0 Å². The number of aliphatic imine (C=N–C) groups is 1. The Morgan fingerprint density at radius 1 is 1.24 bits per heavy atom. The smallest absolute Gasteiger partial charge is 0.155 e. The predicted molar refractivity (Wildman–Crippen MR) is 88.1 cm³/mol. The molecule has 1 aliphatic heterocycles. The van der Waals surface area contributed by atoms with Gasteiger partial charge in [0.2, 0.25) is 0 Å². The Kier molecular flexibility index (Phi) is 3.68. The maximum Gasteiger partial charge on any atom is 0.155 e. The zero-order valence-electron chi connectivity index (χ0n) is 12.2. The predicted octanol–water partition coefficient (Wildman–Crippen LogP) is 3.20. The van der Waals surface area contributed by atoms with Gasteiger partial charge in [-0.15, -0.1) is 0 Å². The molecule has 21 heavy (non-hydrogen) atoms. The van der Waals surface area contributed by atoms with Crippen LogP contribution in [-0.2, 0) is 5.54 Å². The number of hydrogen-bond donors (Lipinski definition) is 1. The SMILES string of the molecule is C[C@@H]1C[C@@](C)(c2cccc(-c3cncnc3)c2)N=C(N)S1. The van der Waals surface area contributed by atoms with Crippen LogP contribution in [0.15, 0.2) is 48.0 Å². The van der Waals surface area contributed by atoms with Crippen LogP contribution in [0, 0.1) is 0 Å². The van der Waals surface area contributed by atoms with E-state index in [2.05, 4.69) is 48.1 Å². The summed E-state index contributed by atoms with van der Waals surface area (Å²) in [7, 11) is 0. The molecule has 0 bridgehead atoms. The molecule has 0 spiro atoms. The summed E-state index contributed by atoms with van der Waals surface area (Å²) in [6.45, 7) is 4.34. The van der Waals surface area contributed by atoms with Gasteiger partial charge in [0.25, 0.3) is 0 Å². The fraction of sp³-hybridized carbons (Fsp3) is 0.312. The van der Waals surface area contributed by atoms with Crippen molar-refractivity contribution in [3.63, 3.8) is 0 Å². The Hall–Kier alpha value is -1.88. The Morgan fingerprint density at radius 2 is 2.00 bits per heavy atom. The maximum absolute atomic E-state index is 5.98. The van der Waals surface area contributed by atoms with Gasteiger partial charge >= 0.3 is 0 Å². The molecule has 3 rings (SSSR count). The van der Waals surface area contributed by atoms with E-state index in [4.69, 9.17) is 10.7 Å². The van der Waals surface area contributed by atoms with Gasteiger partial charge in [0.15, 0.2) is 5.17 Å². The molecular weight excluding hydrogens is 280 g/mol. The first-order valence-electron chi connectivity index (χ1n) is 6.95. The van der Waals surface area contributed by atoms with Gasteiger partial charge in [-0.2, -0.15) is 0 Å². The van der Waals surface area contributed by atoms with Crippen molar-refractivity contribution in [1.29, 1.82) is 0 Å². The Labute approximate surface area is 128 Å². The Bertz CT molecular complexity index is 671. The van der Waals surface area contributed by atoms with Crippen LogP contribution in [0.1, 0.15) is 25.8 Å². The highest BCUT2D eigenvalue weighted by Gasteiger charge is 2.33. The fourth-order valence-electron chi connectivity index (χ4n) is 2.79. The molecule has 5 heteroatoms. The molecule has 0 saturated carbocycles. The summed E-state index contributed by atoms with van der Waals surface area (Å²) in [5.74, 6) is 0. The van der Waals surface area contributed by atoms with Crippen molar-refractivity contribution < 1.29 is 0 Å². The summed E-state index contributed by atoms with van der Waals surface area (Å²) in [6, 6.07) is 8.41. The third-order valence-electron chi connectivity index (χ3n) is 3.74. The molecule has 0 saturated heterocycles. The minimum atomic E-state index is -0.263. The Balaban J connectivity index is 2.02. The highest BCUT2D eigenvalue weighted by molar-refractivity contribution is 8.14. The topological polar surface area (TPSA) is 64.2 Å². The van der Waals surface area contributed by atoms with Crippen molar-refractivity contribution in [3.05, 3.63) is 48.5 Å². The molecule has 1 aromatic carbocycles. The van der Waals surface area contributed by atoms with Crippen LogP contribution >= 0.6 is 11.8 Å². The van der Waals surface area contributed by atoms with Crippen LogP contribution in [0.4, 0.5) is 0 Å². The molecule has 1 aliphatic rings. The zero-order chi connectivity index (χ0) is 14.9. The molecule has 2 heterocycles. The molecule has 2 aromatic rings. The van der Waals surface area contributed by atoms with E-state index in [0.29, 0.717) is 10.4 Å². The van der Waals surface area contributed by atoms with Gasteiger partial charge in [-0.1, -0.05) is 36.9 Å². The van der Waals surface area contributed by atoms with Gasteiger partial charge in [0, 0.05) is 23.2 Å². The third-order valence-corrected chi connectivity index (χ3v) is 4.64. The number of benzene rings is 1. The van der Waals surface area contributed by atoms with Crippen molar-refractivity contribution in [2.75, 3.05) is 0 Å². The summed E-state index contributed by atoms with van der Waals surface area (Å²) < 4.78 is 0. The maximum atomic E-state index is 5.98. The highest BCUT2D eigenvalue weighted by Crippen LogP contribution is 2.39. The zero-order valence-corrected chi connectivity index (χ0v) is 13.0. The second-order valence-corrected chi connectivity index (χ2v) is 7.02. The molecule has 4 nitrogen and oxygen atoms in total. The molecule has 2 atom stereocenters. The van der Waals surface area contributed by atoms with E-state index in [-0.39, 0.29) is 5.54 Å². The number of aromatic nitrogens is 2. The summed E-state index contributed by atoms with van der Waals surface area (Å²) in [5, 5.41) is 1.14. The van der Waals surface area contributed by atoms with E-state index in [1.807, 2.05) is 12.4 Å². The first-order chi connectivity index (χ1) is 10.1. The second-order valence-electron chi connectivity index (χ2n) is 5.56.